The van der Waals surface area contributed by atoms with Crippen molar-refractivity contribution in [3.05, 3.63) is 87.3 Å². The van der Waals surface area contributed by atoms with Crippen LogP contribution in [-0.2, 0) is 14.3 Å². The van der Waals surface area contributed by atoms with Crippen molar-refractivity contribution in [2.45, 2.75) is 26.7 Å². The van der Waals surface area contributed by atoms with E-state index in [1.54, 1.807) is 62.3 Å². The maximum absolute atomic E-state index is 12.9. The van der Waals surface area contributed by atoms with E-state index in [2.05, 4.69) is 0 Å². The quantitative estimate of drug-likeness (QED) is 0.357. The highest BCUT2D eigenvalue weighted by Gasteiger charge is 2.34. The number of nitro benzene ring substituents is 1. The van der Waals surface area contributed by atoms with Crippen LogP contribution in [0, 0.1) is 10.1 Å². The van der Waals surface area contributed by atoms with E-state index in [0.29, 0.717) is 28.3 Å². The van der Waals surface area contributed by atoms with E-state index >= 15 is 0 Å². The van der Waals surface area contributed by atoms with Gasteiger partial charge in [-0.2, -0.15) is 0 Å². The Labute approximate surface area is 185 Å². The van der Waals surface area contributed by atoms with Crippen molar-refractivity contribution < 1.29 is 24.0 Å². The Morgan fingerprint density at radius 3 is 2.41 bits per heavy atom. The number of hydrogen-bond donors (Lipinski definition) is 0. The highest BCUT2D eigenvalue weighted by atomic mass is 16.6. The normalized spacial score (nSPS) is 15.8. The summed E-state index contributed by atoms with van der Waals surface area (Å²) < 4.78 is 10.6. The Morgan fingerprint density at radius 1 is 1.16 bits per heavy atom. The molecular weight excluding hydrogens is 412 g/mol. The highest BCUT2D eigenvalue weighted by molar-refractivity contribution is 6.02. The van der Waals surface area contributed by atoms with Gasteiger partial charge in [0.05, 0.1) is 18.6 Å². The first-order valence-corrected chi connectivity index (χ1v) is 10.1. The molecule has 0 saturated heterocycles. The summed E-state index contributed by atoms with van der Waals surface area (Å²) in [6.07, 6.45) is 1.67. The fourth-order valence-corrected chi connectivity index (χ4v) is 3.83. The number of nitro groups is 1. The van der Waals surface area contributed by atoms with Crippen LogP contribution in [0.15, 0.2) is 71.6 Å². The fraction of sp³-hybridized carbons (Fsp3) is 0.250. The number of methoxy groups -OCH3 is 1. The maximum atomic E-state index is 12.9. The molecule has 0 spiro atoms. The lowest BCUT2D eigenvalue weighted by Crippen LogP contribution is -2.34. The molecule has 0 N–H and O–H groups in total. The van der Waals surface area contributed by atoms with Crippen molar-refractivity contribution >= 4 is 23.1 Å². The number of carbonyl (C=O) groups excluding carboxylic acids is 2. The molecule has 166 valence electrons. The van der Waals surface area contributed by atoms with Crippen molar-refractivity contribution in [1.29, 1.82) is 0 Å². The number of non-ortho nitro benzene ring substituents is 1. The first kappa shape index (κ1) is 22.7. The molecular formula is C24H24N2O6. The monoisotopic (exact) mass is 436 g/mol. The Balaban J connectivity index is 2.20. The standard InChI is InChI=1S/C24H24N2O6/c1-5-32-24(28)22-14-21(17-9-11-18(12-10-17)26(29)30)23(16(3)27)15(2)25(22)19-7-6-8-20(13-19)31-4/h6-14,21H,5H2,1-4H3/t21-/m1/s1. The molecule has 0 saturated carbocycles. The van der Waals surface area contributed by atoms with Crippen LogP contribution < -0.4 is 9.64 Å². The molecule has 1 heterocycles. The fourth-order valence-electron chi connectivity index (χ4n) is 3.83. The summed E-state index contributed by atoms with van der Waals surface area (Å²) in [5, 5.41) is 11.0. The van der Waals surface area contributed by atoms with Crippen LogP contribution in [0.3, 0.4) is 0 Å². The number of allylic oxidation sites excluding steroid dienone is 3. The van der Waals surface area contributed by atoms with E-state index in [9.17, 15) is 19.7 Å². The van der Waals surface area contributed by atoms with Crippen molar-refractivity contribution in [3.8, 4) is 5.75 Å². The smallest absolute Gasteiger partial charge is 0.355 e. The zero-order chi connectivity index (χ0) is 23.4. The molecule has 0 amide bonds. The molecule has 1 aliphatic heterocycles. The van der Waals surface area contributed by atoms with Gasteiger partial charge in [0.25, 0.3) is 5.69 Å². The Kier molecular flexibility index (Phi) is 6.73. The summed E-state index contributed by atoms with van der Waals surface area (Å²) in [5.74, 6) is -0.669. The van der Waals surface area contributed by atoms with Crippen molar-refractivity contribution in [1.82, 2.24) is 0 Å². The van der Waals surface area contributed by atoms with Gasteiger partial charge in [0.2, 0.25) is 0 Å². The predicted octanol–water partition coefficient (Wildman–Crippen LogP) is 4.52. The van der Waals surface area contributed by atoms with Gasteiger partial charge in [0, 0.05) is 41.1 Å². The van der Waals surface area contributed by atoms with Gasteiger partial charge >= 0.3 is 5.97 Å². The zero-order valence-corrected chi connectivity index (χ0v) is 18.3. The van der Waals surface area contributed by atoms with Crippen LogP contribution in [0.25, 0.3) is 0 Å². The van der Waals surface area contributed by atoms with E-state index in [0.717, 1.165) is 0 Å². The lowest BCUT2D eigenvalue weighted by atomic mass is 9.84. The number of ether oxygens (including phenoxy) is 2. The molecule has 8 nitrogen and oxygen atoms in total. The minimum Gasteiger partial charge on any atom is -0.497 e. The second-order valence-corrected chi connectivity index (χ2v) is 7.19. The van der Waals surface area contributed by atoms with Gasteiger partial charge in [-0.15, -0.1) is 0 Å². The number of ketones is 1. The SMILES string of the molecule is CCOC(=O)C1=C[C@H](c2ccc([N+](=O)[O-])cc2)C(C(C)=O)=C(C)N1c1cccc(OC)c1. The van der Waals surface area contributed by atoms with Gasteiger partial charge in [0.15, 0.2) is 5.78 Å². The topological polar surface area (TPSA) is 99.0 Å². The minimum absolute atomic E-state index is 0.0535. The third-order valence-corrected chi connectivity index (χ3v) is 5.24. The molecule has 3 rings (SSSR count). The number of rotatable bonds is 7. The number of anilines is 1. The van der Waals surface area contributed by atoms with Crippen LogP contribution in [-0.4, -0.2) is 30.4 Å². The second kappa shape index (κ2) is 9.47. The maximum Gasteiger partial charge on any atom is 0.355 e. The number of carbonyl (C=O) groups is 2. The first-order valence-electron chi connectivity index (χ1n) is 10.1. The van der Waals surface area contributed by atoms with Crippen molar-refractivity contribution in [2.75, 3.05) is 18.6 Å². The largest absolute Gasteiger partial charge is 0.497 e. The van der Waals surface area contributed by atoms with E-state index < -0.39 is 16.8 Å². The van der Waals surface area contributed by atoms with E-state index in [1.807, 2.05) is 6.07 Å². The van der Waals surface area contributed by atoms with Gasteiger partial charge in [-0.1, -0.05) is 18.2 Å². The van der Waals surface area contributed by atoms with E-state index in [4.69, 9.17) is 9.47 Å². The number of Topliss-reactive ketones (excluding diaryl/α,β-unsaturated/α-hetero) is 1. The minimum atomic E-state index is -0.561. The van der Waals surface area contributed by atoms with Crippen molar-refractivity contribution in [3.63, 3.8) is 0 Å². The zero-order valence-electron chi connectivity index (χ0n) is 18.3. The molecule has 0 unspecified atom stereocenters. The van der Waals surface area contributed by atoms with Crippen LogP contribution in [0.5, 0.6) is 5.75 Å². The molecule has 32 heavy (non-hydrogen) atoms. The lowest BCUT2D eigenvalue weighted by Gasteiger charge is -2.35. The van der Waals surface area contributed by atoms with Crippen LogP contribution >= 0.6 is 0 Å². The molecule has 0 radical (unpaired) electrons. The highest BCUT2D eigenvalue weighted by Crippen LogP contribution is 2.40. The lowest BCUT2D eigenvalue weighted by molar-refractivity contribution is -0.384. The van der Waals surface area contributed by atoms with Crippen LogP contribution in [0.2, 0.25) is 0 Å². The van der Waals surface area contributed by atoms with Gasteiger partial charge in [-0.25, -0.2) is 4.79 Å². The number of hydrogen-bond acceptors (Lipinski definition) is 7. The van der Waals surface area contributed by atoms with Gasteiger partial charge in [-0.05, 0) is 44.5 Å². The van der Waals surface area contributed by atoms with Crippen LogP contribution in [0.4, 0.5) is 11.4 Å². The summed E-state index contributed by atoms with van der Waals surface area (Å²) in [4.78, 5) is 37.9. The van der Waals surface area contributed by atoms with Crippen molar-refractivity contribution in [2.24, 2.45) is 0 Å². The molecule has 2 aromatic carbocycles. The van der Waals surface area contributed by atoms with Gasteiger partial charge < -0.3 is 14.4 Å². The van der Waals surface area contributed by atoms with Gasteiger partial charge in [0.1, 0.15) is 11.4 Å². The average molecular weight is 436 g/mol. The van der Waals surface area contributed by atoms with Gasteiger partial charge in [-0.3, -0.25) is 14.9 Å². The average Bonchev–Trinajstić information content (AvgIpc) is 2.78. The molecule has 0 aromatic heterocycles. The van der Waals surface area contributed by atoms with Crippen LogP contribution in [0.1, 0.15) is 32.3 Å². The molecule has 1 atom stereocenters. The Bertz CT molecular complexity index is 1120. The molecule has 2 aromatic rings. The predicted molar refractivity (Wildman–Crippen MR) is 119 cm³/mol. The molecule has 0 aliphatic carbocycles. The summed E-state index contributed by atoms with van der Waals surface area (Å²) in [7, 11) is 1.55. The summed E-state index contributed by atoms with van der Waals surface area (Å²) in [6, 6.07) is 13.1. The first-order chi connectivity index (χ1) is 15.3. The third kappa shape index (κ3) is 4.39. The Hall–Kier alpha value is -3.94. The summed E-state index contributed by atoms with van der Waals surface area (Å²) >= 11 is 0. The Morgan fingerprint density at radius 2 is 1.84 bits per heavy atom. The molecule has 1 aliphatic rings. The number of nitrogens with zero attached hydrogens (tertiary/aromatic N) is 2. The summed E-state index contributed by atoms with van der Waals surface area (Å²) in [6.45, 7) is 5.13. The number of benzene rings is 2. The molecule has 0 fully saturated rings. The molecule has 8 heteroatoms. The second-order valence-electron chi connectivity index (χ2n) is 7.19. The van der Waals surface area contributed by atoms with E-state index in [-0.39, 0.29) is 23.8 Å². The number of esters is 1. The third-order valence-electron chi connectivity index (χ3n) is 5.24. The molecule has 0 bridgehead atoms. The van der Waals surface area contributed by atoms with E-state index in [1.165, 1.54) is 19.1 Å². The summed E-state index contributed by atoms with van der Waals surface area (Å²) in [5.41, 5.74) is 2.55.